The molecule has 26 heavy (non-hydrogen) atoms. The summed E-state index contributed by atoms with van der Waals surface area (Å²) in [6.45, 7) is 0.834. The van der Waals surface area contributed by atoms with Crippen molar-refractivity contribution in [2.24, 2.45) is 28.7 Å². The minimum atomic E-state index is -0.109. The number of carbonyl (C=O) groups is 2. The van der Waals surface area contributed by atoms with Crippen molar-refractivity contribution in [1.82, 2.24) is 4.90 Å². The van der Waals surface area contributed by atoms with E-state index in [1.807, 2.05) is 24.4 Å². The molecule has 1 heterocycles. The Morgan fingerprint density at radius 1 is 0.962 bits per heavy atom. The predicted octanol–water partition coefficient (Wildman–Crippen LogP) is 3.07. The molecule has 2 fully saturated rings. The fourth-order valence-corrected chi connectivity index (χ4v) is 4.80. The fourth-order valence-electron chi connectivity index (χ4n) is 4.80. The monoisotopic (exact) mass is 344 g/mol. The molecule has 0 spiro atoms. The van der Waals surface area contributed by atoms with Crippen LogP contribution in [0.15, 0.2) is 59.6 Å². The van der Waals surface area contributed by atoms with Crippen LogP contribution >= 0.6 is 0 Å². The molecule has 1 saturated carbocycles. The van der Waals surface area contributed by atoms with E-state index < -0.39 is 0 Å². The Hall–Kier alpha value is -2.75. The number of nitrogens with zero attached hydrogens (tertiary/aromatic N) is 2. The Morgan fingerprint density at radius 3 is 2.38 bits per heavy atom. The minimum Gasteiger partial charge on any atom is -0.291 e. The summed E-state index contributed by atoms with van der Waals surface area (Å²) in [6.07, 6.45) is 7.04. The molecule has 4 atom stereocenters. The zero-order chi connectivity index (χ0) is 17.7. The number of hydrogen-bond acceptors (Lipinski definition) is 3. The van der Waals surface area contributed by atoms with Crippen LogP contribution in [0.3, 0.4) is 0 Å². The summed E-state index contributed by atoms with van der Waals surface area (Å²) in [5.74, 6) is 0.347. The van der Waals surface area contributed by atoms with Crippen molar-refractivity contribution < 1.29 is 9.59 Å². The number of rotatable bonds is 4. The van der Waals surface area contributed by atoms with Crippen LogP contribution < -0.4 is 0 Å². The number of hydrogen-bond donors (Lipinski definition) is 0. The first-order valence-corrected chi connectivity index (χ1v) is 9.24. The quantitative estimate of drug-likeness (QED) is 0.486. The van der Waals surface area contributed by atoms with Crippen molar-refractivity contribution in [1.29, 1.82) is 0 Å². The number of allylic oxidation sites excluding steroid dienone is 2. The van der Waals surface area contributed by atoms with Crippen LogP contribution in [0.2, 0.25) is 0 Å². The number of carbonyl (C=O) groups excluding carboxylic acids is 2. The summed E-state index contributed by atoms with van der Waals surface area (Å²) in [5.41, 5.74) is 1.03. The molecular weight excluding hydrogens is 324 g/mol. The highest BCUT2D eigenvalue weighted by Crippen LogP contribution is 2.52. The first-order valence-electron chi connectivity index (χ1n) is 9.24. The Balaban J connectivity index is 1.24. The second-order valence-corrected chi connectivity index (χ2v) is 7.47. The van der Waals surface area contributed by atoms with E-state index in [9.17, 15) is 9.59 Å². The Labute approximate surface area is 152 Å². The second kappa shape index (κ2) is 5.90. The van der Waals surface area contributed by atoms with Gasteiger partial charge in [-0.3, -0.25) is 19.5 Å². The summed E-state index contributed by atoms with van der Waals surface area (Å²) in [4.78, 5) is 31.1. The van der Waals surface area contributed by atoms with Gasteiger partial charge in [0.15, 0.2) is 0 Å². The first-order chi connectivity index (χ1) is 12.7. The predicted molar refractivity (Wildman–Crippen MR) is 101 cm³/mol. The summed E-state index contributed by atoms with van der Waals surface area (Å²) in [7, 11) is 0. The Morgan fingerprint density at radius 2 is 1.65 bits per heavy atom. The summed E-state index contributed by atoms with van der Waals surface area (Å²) in [6, 6.07) is 14.4. The maximum atomic E-state index is 12.6. The van der Waals surface area contributed by atoms with Gasteiger partial charge < -0.3 is 0 Å². The number of imide groups is 1. The average Bonchev–Trinajstić information content (AvgIpc) is 3.34. The standard InChI is InChI=1S/C22H20N2O2/c25-21-19-17-7-8-18(12-17)20(19)22(26)24(21)10-9-23-13-14-5-6-15-3-1-2-4-16(15)11-14/h1-8,11,13,17-20H,9-10,12H2/t17-,18+,19+,20-. The van der Waals surface area contributed by atoms with Crippen LogP contribution in [0.1, 0.15) is 12.0 Å². The third-order valence-corrected chi connectivity index (χ3v) is 6.03. The van der Waals surface area contributed by atoms with Gasteiger partial charge in [0.25, 0.3) is 0 Å². The van der Waals surface area contributed by atoms with Crippen molar-refractivity contribution in [3.63, 3.8) is 0 Å². The van der Waals surface area contributed by atoms with E-state index in [-0.39, 0.29) is 35.5 Å². The molecule has 2 aromatic carbocycles. The average molecular weight is 344 g/mol. The van der Waals surface area contributed by atoms with E-state index in [4.69, 9.17) is 0 Å². The molecule has 2 bridgehead atoms. The molecule has 130 valence electrons. The normalized spacial score (nSPS) is 29.5. The van der Waals surface area contributed by atoms with E-state index in [1.54, 1.807) is 0 Å². The molecular formula is C22H20N2O2. The number of aliphatic imine (C=N–C) groups is 1. The lowest BCUT2D eigenvalue weighted by atomic mass is 9.85. The third kappa shape index (κ3) is 2.32. The molecule has 0 radical (unpaired) electrons. The summed E-state index contributed by atoms with van der Waals surface area (Å²) >= 11 is 0. The van der Waals surface area contributed by atoms with Crippen LogP contribution in [0.5, 0.6) is 0 Å². The zero-order valence-electron chi connectivity index (χ0n) is 14.4. The van der Waals surface area contributed by atoms with E-state index in [0.717, 1.165) is 12.0 Å². The highest BCUT2D eigenvalue weighted by molar-refractivity contribution is 6.06. The minimum absolute atomic E-state index is 0.0118. The molecule has 2 aromatic rings. The van der Waals surface area contributed by atoms with Crippen molar-refractivity contribution in [2.45, 2.75) is 6.42 Å². The third-order valence-electron chi connectivity index (χ3n) is 6.03. The summed E-state index contributed by atoms with van der Waals surface area (Å²) < 4.78 is 0. The smallest absolute Gasteiger partial charge is 0.233 e. The van der Waals surface area contributed by atoms with Crippen LogP contribution in [-0.2, 0) is 9.59 Å². The van der Waals surface area contributed by atoms with Gasteiger partial charge in [0.05, 0.1) is 18.4 Å². The molecule has 4 heteroatoms. The van der Waals surface area contributed by atoms with Crippen molar-refractivity contribution in [3.8, 4) is 0 Å². The van der Waals surface area contributed by atoms with Crippen molar-refractivity contribution in [2.75, 3.05) is 13.1 Å². The van der Waals surface area contributed by atoms with Crippen LogP contribution in [0.4, 0.5) is 0 Å². The van der Waals surface area contributed by atoms with Gasteiger partial charge in [-0.15, -0.1) is 0 Å². The maximum absolute atomic E-state index is 12.6. The SMILES string of the molecule is O=C1[C@@H]2[C@H](C(=O)N1CCN=Cc1ccc3ccccc3c1)[C@H]1C=C[C@@H]2C1. The highest BCUT2D eigenvalue weighted by atomic mass is 16.2. The number of benzene rings is 2. The van der Waals surface area contributed by atoms with Crippen LogP contribution in [0, 0.1) is 23.7 Å². The molecule has 4 nitrogen and oxygen atoms in total. The lowest BCUT2D eigenvalue weighted by molar-refractivity contribution is -0.140. The first kappa shape index (κ1) is 15.5. The van der Waals surface area contributed by atoms with Crippen LogP contribution in [0.25, 0.3) is 10.8 Å². The molecule has 0 N–H and O–H groups in total. The van der Waals surface area contributed by atoms with Gasteiger partial charge >= 0.3 is 0 Å². The fraction of sp³-hybridized carbons (Fsp3) is 0.318. The van der Waals surface area contributed by atoms with Crippen molar-refractivity contribution >= 4 is 28.8 Å². The number of fused-ring (bicyclic) bond motifs is 6. The maximum Gasteiger partial charge on any atom is 0.233 e. The van der Waals surface area contributed by atoms with E-state index in [0.29, 0.717) is 13.1 Å². The molecule has 3 aliphatic rings. The lowest BCUT2D eigenvalue weighted by Gasteiger charge is -2.15. The van der Waals surface area contributed by atoms with Gasteiger partial charge in [0.1, 0.15) is 0 Å². The number of likely N-dealkylation sites (tertiary alicyclic amines) is 1. The lowest BCUT2D eigenvalue weighted by Crippen LogP contribution is -2.35. The molecule has 5 rings (SSSR count). The van der Waals surface area contributed by atoms with Gasteiger partial charge in [-0.2, -0.15) is 0 Å². The van der Waals surface area contributed by atoms with Gasteiger partial charge in [0.2, 0.25) is 11.8 Å². The molecule has 0 aromatic heterocycles. The molecule has 2 aliphatic carbocycles. The highest BCUT2D eigenvalue weighted by Gasteiger charge is 2.58. The largest absolute Gasteiger partial charge is 0.291 e. The van der Waals surface area contributed by atoms with E-state index in [1.165, 1.54) is 15.7 Å². The topological polar surface area (TPSA) is 49.7 Å². The van der Waals surface area contributed by atoms with E-state index >= 15 is 0 Å². The van der Waals surface area contributed by atoms with E-state index in [2.05, 4.69) is 41.4 Å². The number of amides is 2. The Bertz CT molecular complexity index is 932. The Kier molecular flexibility index (Phi) is 3.52. The van der Waals surface area contributed by atoms with Gasteiger partial charge in [-0.05, 0) is 40.7 Å². The molecule has 2 amide bonds. The molecule has 1 aliphatic heterocycles. The zero-order valence-corrected chi connectivity index (χ0v) is 14.4. The van der Waals surface area contributed by atoms with Crippen LogP contribution in [-0.4, -0.2) is 36.0 Å². The molecule has 1 saturated heterocycles. The van der Waals surface area contributed by atoms with Crippen molar-refractivity contribution in [3.05, 3.63) is 60.2 Å². The summed E-state index contributed by atoms with van der Waals surface area (Å²) in [5, 5.41) is 2.38. The van der Waals surface area contributed by atoms with Gasteiger partial charge in [0, 0.05) is 12.8 Å². The second-order valence-electron chi connectivity index (χ2n) is 7.47. The van der Waals surface area contributed by atoms with Gasteiger partial charge in [-0.1, -0.05) is 48.6 Å². The molecule has 0 unspecified atom stereocenters. The van der Waals surface area contributed by atoms with Gasteiger partial charge in [-0.25, -0.2) is 0 Å².